The second-order valence-electron chi connectivity index (χ2n) is 7.06. The van der Waals surface area contributed by atoms with Gasteiger partial charge in [0.15, 0.2) is 11.0 Å². The number of carbonyl (C=O) groups excluding carboxylic acids is 1. The van der Waals surface area contributed by atoms with Crippen LogP contribution in [0.15, 0.2) is 81.5 Å². The van der Waals surface area contributed by atoms with E-state index in [1.165, 1.54) is 18.0 Å². The van der Waals surface area contributed by atoms with Gasteiger partial charge in [0.1, 0.15) is 5.75 Å². The predicted molar refractivity (Wildman–Crippen MR) is 137 cm³/mol. The Bertz CT molecular complexity index is 1170. The van der Waals surface area contributed by atoms with Crippen LogP contribution in [0.2, 0.25) is 0 Å². The van der Waals surface area contributed by atoms with Crippen molar-refractivity contribution in [2.45, 2.75) is 18.6 Å². The topological polar surface area (TPSA) is 81.4 Å². The van der Waals surface area contributed by atoms with Gasteiger partial charge in [-0.2, -0.15) is 5.10 Å². The molecule has 0 radical (unpaired) electrons. The number of nitrogens with one attached hydrogen (secondary N) is 1. The predicted octanol–water partition coefficient (Wildman–Crippen LogP) is 5.20. The molecule has 1 N–H and O–H groups in total. The van der Waals surface area contributed by atoms with Gasteiger partial charge in [-0.05, 0) is 37.3 Å². The molecule has 0 saturated heterocycles. The summed E-state index contributed by atoms with van der Waals surface area (Å²) >= 11 is 4.74. The number of carbonyl (C=O) groups is 1. The summed E-state index contributed by atoms with van der Waals surface area (Å²) in [6.07, 6.45) is 5.11. The molecule has 170 valence electrons. The summed E-state index contributed by atoms with van der Waals surface area (Å²) in [7, 11) is 1.62. The first-order valence-electron chi connectivity index (χ1n) is 10.1. The number of benzene rings is 2. The summed E-state index contributed by atoms with van der Waals surface area (Å²) < 4.78 is 8.24. The minimum atomic E-state index is -0.239. The summed E-state index contributed by atoms with van der Waals surface area (Å²) in [6.45, 7) is 6.51. The molecule has 0 saturated carbocycles. The third-order valence-corrected chi connectivity index (χ3v) is 5.84. The maximum absolute atomic E-state index is 12.2. The maximum Gasteiger partial charge on any atom is 0.250 e. The van der Waals surface area contributed by atoms with Gasteiger partial charge < -0.3 is 4.74 Å². The van der Waals surface area contributed by atoms with Crippen molar-refractivity contribution >= 4 is 45.9 Å². The number of para-hydroxylation sites is 1. The van der Waals surface area contributed by atoms with Crippen LogP contribution in [-0.4, -0.2) is 39.7 Å². The fourth-order valence-corrected chi connectivity index (χ4v) is 3.88. The van der Waals surface area contributed by atoms with Crippen molar-refractivity contribution in [1.82, 2.24) is 20.2 Å². The standard InChI is InChI=1S/C24H24BrN5O2S/c1-17(2)15-30-23(19-10-12-20(25)13-11-19)28-29-24(30)33-16-22(31)27-26-14-6-8-18-7-4-5-9-21(18)32-3/h4-14H,1,15-16H2,2-3H3,(H,27,31). The van der Waals surface area contributed by atoms with Crippen molar-refractivity contribution < 1.29 is 9.53 Å². The van der Waals surface area contributed by atoms with Gasteiger partial charge in [-0.25, -0.2) is 5.43 Å². The van der Waals surface area contributed by atoms with E-state index in [0.29, 0.717) is 11.7 Å². The van der Waals surface area contributed by atoms with E-state index in [0.717, 1.165) is 32.7 Å². The molecule has 3 aromatic rings. The first-order chi connectivity index (χ1) is 16.0. The van der Waals surface area contributed by atoms with Crippen LogP contribution in [-0.2, 0) is 11.3 Å². The Balaban J connectivity index is 1.59. The number of methoxy groups -OCH3 is 1. The van der Waals surface area contributed by atoms with Crippen molar-refractivity contribution in [3.63, 3.8) is 0 Å². The van der Waals surface area contributed by atoms with Gasteiger partial charge in [0.25, 0.3) is 5.91 Å². The highest BCUT2D eigenvalue weighted by Crippen LogP contribution is 2.26. The van der Waals surface area contributed by atoms with Gasteiger partial charge in [-0.1, -0.05) is 70.2 Å². The van der Waals surface area contributed by atoms with Crippen LogP contribution in [0, 0.1) is 0 Å². The van der Waals surface area contributed by atoms with Crippen LogP contribution in [0.3, 0.4) is 0 Å². The Morgan fingerprint density at radius 2 is 2.00 bits per heavy atom. The smallest absolute Gasteiger partial charge is 0.250 e. The van der Waals surface area contributed by atoms with E-state index < -0.39 is 0 Å². The fourth-order valence-electron chi connectivity index (χ4n) is 2.89. The molecule has 0 aliphatic heterocycles. The molecule has 7 nitrogen and oxygen atoms in total. The highest BCUT2D eigenvalue weighted by atomic mass is 79.9. The number of hydrogen-bond donors (Lipinski definition) is 1. The monoisotopic (exact) mass is 525 g/mol. The Kier molecular flexibility index (Phi) is 9.03. The van der Waals surface area contributed by atoms with Crippen molar-refractivity contribution in [1.29, 1.82) is 0 Å². The normalized spacial score (nSPS) is 11.2. The van der Waals surface area contributed by atoms with Gasteiger partial charge in [-0.15, -0.1) is 10.2 Å². The van der Waals surface area contributed by atoms with Crippen LogP contribution >= 0.6 is 27.7 Å². The molecule has 0 unspecified atom stereocenters. The molecule has 0 bridgehead atoms. The summed E-state index contributed by atoms with van der Waals surface area (Å²) in [5.41, 5.74) is 5.35. The first-order valence-corrected chi connectivity index (χ1v) is 11.8. The maximum atomic E-state index is 12.2. The molecular formula is C24H24BrN5O2S. The fraction of sp³-hybridized carbons (Fsp3) is 0.167. The van der Waals surface area contributed by atoms with Crippen molar-refractivity contribution in [2.75, 3.05) is 12.9 Å². The number of ether oxygens (including phenoxy) is 1. The van der Waals surface area contributed by atoms with Crippen LogP contribution in [0.4, 0.5) is 0 Å². The lowest BCUT2D eigenvalue weighted by Gasteiger charge is -2.10. The van der Waals surface area contributed by atoms with Crippen LogP contribution < -0.4 is 10.2 Å². The number of nitrogens with zero attached hydrogens (tertiary/aromatic N) is 4. The van der Waals surface area contributed by atoms with Gasteiger partial charge in [0, 0.05) is 28.4 Å². The van der Waals surface area contributed by atoms with Gasteiger partial charge in [-0.3, -0.25) is 9.36 Å². The summed E-state index contributed by atoms with van der Waals surface area (Å²) in [6, 6.07) is 15.5. The number of thioether (sulfide) groups is 1. The lowest BCUT2D eigenvalue weighted by molar-refractivity contribution is -0.118. The second-order valence-corrected chi connectivity index (χ2v) is 8.92. The molecule has 9 heteroatoms. The number of hydrogen-bond acceptors (Lipinski definition) is 6. The summed E-state index contributed by atoms with van der Waals surface area (Å²) in [5.74, 6) is 1.41. The van der Waals surface area contributed by atoms with Crippen molar-refractivity contribution in [3.05, 3.63) is 76.8 Å². The van der Waals surface area contributed by atoms with Gasteiger partial charge in [0.2, 0.25) is 0 Å². The average molecular weight is 526 g/mol. The Hall–Kier alpha value is -3.17. The van der Waals surface area contributed by atoms with Crippen LogP contribution in [0.25, 0.3) is 17.5 Å². The van der Waals surface area contributed by atoms with E-state index >= 15 is 0 Å². The Labute approximate surface area is 205 Å². The molecule has 0 aliphatic carbocycles. The van der Waals surface area contributed by atoms with Gasteiger partial charge in [0.05, 0.1) is 12.9 Å². The Morgan fingerprint density at radius 3 is 2.73 bits per heavy atom. The molecule has 0 fully saturated rings. The number of aromatic nitrogens is 3. The number of allylic oxidation sites excluding steroid dienone is 2. The largest absolute Gasteiger partial charge is 0.496 e. The highest BCUT2D eigenvalue weighted by molar-refractivity contribution is 9.10. The number of halogens is 1. The quantitative estimate of drug-likeness (QED) is 0.170. The van der Waals surface area contributed by atoms with Gasteiger partial charge >= 0.3 is 0 Å². The van der Waals surface area contributed by atoms with E-state index in [4.69, 9.17) is 4.74 Å². The molecule has 0 spiro atoms. The zero-order valence-corrected chi connectivity index (χ0v) is 20.8. The molecule has 1 amide bonds. The first kappa shape index (κ1) is 24.5. The summed E-state index contributed by atoms with van der Waals surface area (Å²) in [5, 5.41) is 13.2. The molecule has 0 aliphatic rings. The molecular weight excluding hydrogens is 502 g/mol. The minimum Gasteiger partial charge on any atom is -0.496 e. The third kappa shape index (κ3) is 7.16. The molecule has 1 aromatic heterocycles. The van der Waals surface area contributed by atoms with E-state index in [-0.39, 0.29) is 11.7 Å². The minimum absolute atomic E-state index is 0.155. The molecule has 0 atom stereocenters. The SMILES string of the molecule is C=C(C)Cn1c(SCC(=O)NN=CC=Cc2ccccc2OC)nnc1-c1ccc(Br)cc1. The van der Waals surface area contributed by atoms with Crippen LogP contribution in [0.5, 0.6) is 5.75 Å². The third-order valence-electron chi connectivity index (χ3n) is 4.34. The van der Waals surface area contributed by atoms with Crippen molar-refractivity contribution in [2.24, 2.45) is 5.10 Å². The van der Waals surface area contributed by atoms with E-state index in [2.05, 4.69) is 43.2 Å². The lowest BCUT2D eigenvalue weighted by atomic mass is 10.2. The average Bonchev–Trinajstić information content (AvgIpc) is 3.20. The molecule has 3 rings (SSSR count). The van der Waals surface area contributed by atoms with Crippen molar-refractivity contribution in [3.8, 4) is 17.1 Å². The Morgan fingerprint density at radius 1 is 1.24 bits per heavy atom. The van der Waals surface area contributed by atoms with E-state index in [1.54, 1.807) is 13.2 Å². The second kappa shape index (κ2) is 12.2. The van der Waals surface area contributed by atoms with E-state index in [9.17, 15) is 4.79 Å². The number of hydrazone groups is 1. The molecule has 1 heterocycles. The number of rotatable bonds is 10. The summed E-state index contributed by atoms with van der Waals surface area (Å²) in [4.78, 5) is 12.2. The molecule has 33 heavy (non-hydrogen) atoms. The molecule has 2 aromatic carbocycles. The zero-order chi connectivity index (χ0) is 23.6. The lowest BCUT2D eigenvalue weighted by Crippen LogP contribution is -2.19. The number of amides is 1. The van der Waals surface area contributed by atoms with E-state index in [1.807, 2.05) is 66.1 Å². The van der Waals surface area contributed by atoms with Crippen LogP contribution in [0.1, 0.15) is 12.5 Å². The highest BCUT2D eigenvalue weighted by Gasteiger charge is 2.15. The zero-order valence-electron chi connectivity index (χ0n) is 18.4.